The molecule has 2 N–H and O–H groups in total. The lowest BCUT2D eigenvalue weighted by Gasteiger charge is -2.29. The van der Waals surface area contributed by atoms with Gasteiger partial charge in [0, 0.05) is 12.2 Å². The molecule has 0 saturated carbocycles. The summed E-state index contributed by atoms with van der Waals surface area (Å²) in [6, 6.07) is 7.84. The number of nitrogens with zero attached hydrogens (tertiary/aromatic N) is 1. The molecule has 0 atom stereocenters. The van der Waals surface area contributed by atoms with Crippen molar-refractivity contribution in [3.63, 3.8) is 0 Å². The lowest BCUT2D eigenvalue weighted by molar-refractivity contribution is -0.145. The van der Waals surface area contributed by atoms with Crippen LogP contribution in [0.3, 0.4) is 0 Å². The van der Waals surface area contributed by atoms with E-state index in [4.69, 9.17) is 0 Å². The van der Waals surface area contributed by atoms with Crippen molar-refractivity contribution in [2.75, 3.05) is 18.0 Å². The fraction of sp³-hybridized carbons (Fsp3) is 0.500. The molecule has 0 aromatic heterocycles. The first kappa shape index (κ1) is 15.5. The molecule has 0 spiro atoms. The Balaban J connectivity index is 2.05. The number of aliphatic carboxylic acids is 1. The number of carboxylic acid groups (broad SMARTS) is 1. The van der Waals surface area contributed by atoms with E-state index in [1.807, 2.05) is 38.1 Å². The third-order valence-electron chi connectivity index (χ3n) is 4.38. The lowest BCUT2D eigenvalue weighted by Crippen LogP contribution is -2.54. The Morgan fingerprint density at radius 2 is 1.95 bits per heavy atom. The van der Waals surface area contributed by atoms with Crippen LogP contribution < -0.4 is 10.2 Å². The highest BCUT2D eigenvalue weighted by Crippen LogP contribution is 2.27. The van der Waals surface area contributed by atoms with Gasteiger partial charge in [0.2, 0.25) is 5.91 Å². The molecule has 5 heteroatoms. The highest BCUT2D eigenvalue weighted by atomic mass is 16.4. The van der Waals surface area contributed by atoms with Crippen molar-refractivity contribution < 1.29 is 14.7 Å². The van der Waals surface area contributed by atoms with E-state index in [0.29, 0.717) is 19.4 Å². The molecule has 1 aromatic rings. The third-order valence-corrected chi connectivity index (χ3v) is 4.38. The quantitative estimate of drug-likeness (QED) is 0.838. The molecule has 1 aliphatic rings. The van der Waals surface area contributed by atoms with Crippen LogP contribution in [-0.4, -0.2) is 35.6 Å². The second-order valence-corrected chi connectivity index (χ2v) is 5.37. The van der Waals surface area contributed by atoms with Gasteiger partial charge in [-0.25, -0.2) is 0 Å². The maximum Gasteiger partial charge on any atom is 0.323 e. The standard InChI is InChI=1S/C16H22N2O3/c1-3-16(4-2,15(20)21)17-11-14(19)18-10-9-12-7-5-6-8-13(12)18/h5-8,17H,3-4,9-11H2,1-2H3,(H,20,21). The summed E-state index contributed by atoms with van der Waals surface area (Å²) in [5, 5.41) is 12.3. The summed E-state index contributed by atoms with van der Waals surface area (Å²) in [7, 11) is 0. The fourth-order valence-electron chi connectivity index (χ4n) is 2.82. The van der Waals surface area contributed by atoms with Gasteiger partial charge in [0.25, 0.3) is 0 Å². The Bertz CT molecular complexity index is 538. The van der Waals surface area contributed by atoms with E-state index in [9.17, 15) is 14.7 Å². The number of fused-ring (bicyclic) bond motifs is 1. The molecule has 2 rings (SSSR count). The highest BCUT2D eigenvalue weighted by Gasteiger charge is 2.35. The maximum absolute atomic E-state index is 12.4. The van der Waals surface area contributed by atoms with Crippen LogP contribution in [-0.2, 0) is 16.0 Å². The molecule has 1 heterocycles. The van der Waals surface area contributed by atoms with Crippen LogP contribution in [0, 0.1) is 0 Å². The van der Waals surface area contributed by atoms with Crippen molar-refractivity contribution in [1.29, 1.82) is 0 Å². The normalized spacial score (nSPS) is 14.1. The summed E-state index contributed by atoms with van der Waals surface area (Å²) in [4.78, 5) is 25.5. The number of amides is 1. The van der Waals surface area contributed by atoms with Crippen molar-refractivity contribution in [3.8, 4) is 0 Å². The van der Waals surface area contributed by atoms with Crippen LogP contribution in [0.5, 0.6) is 0 Å². The summed E-state index contributed by atoms with van der Waals surface area (Å²) < 4.78 is 0. The molecule has 1 aliphatic heterocycles. The van der Waals surface area contributed by atoms with Crippen LogP contribution in [0.1, 0.15) is 32.3 Å². The average Bonchev–Trinajstić information content (AvgIpc) is 2.92. The Labute approximate surface area is 125 Å². The predicted octanol–water partition coefficient (Wildman–Crippen LogP) is 1.81. The summed E-state index contributed by atoms with van der Waals surface area (Å²) >= 11 is 0. The smallest absolute Gasteiger partial charge is 0.323 e. The van der Waals surface area contributed by atoms with Gasteiger partial charge in [-0.2, -0.15) is 0 Å². The molecule has 0 saturated heterocycles. The van der Waals surface area contributed by atoms with Crippen molar-refractivity contribution >= 4 is 17.6 Å². The first-order valence-electron chi connectivity index (χ1n) is 7.40. The number of hydrogen-bond donors (Lipinski definition) is 2. The minimum atomic E-state index is -1.02. The van der Waals surface area contributed by atoms with E-state index in [0.717, 1.165) is 12.1 Å². The summed E-state index contributed by atoms with van der Waals surface area (Å²) in [6.45, 7) is 4.35. The van der Waals surface area contributed by atoms with Gasteiger partial charge in [-0.1, -0.05) is 32.0 Å². The van der Waals surface area contributed by atoms with Gasteiger partial charge in [-0.15, -0.1) is 0 Å². The molecule has 0 radical (unpaired) electrons. The number of anilines is 1. The zero-order valence-electron chi connectivity index (χ0n) is 12.6. The Hall–Kier alpha value is -1.88. The van der Waals surface area contributed by atoms with Crippen LogP contribution in [0.15, 0.2) is 24.3 Å². The van der Waals surface area contributed by atoms with Crippen LogP contribution in [0.4, 0.5) is 5.69 Å². The maximum atomic E-state index is 12.4. The van der Waals surface area contributed by atoms with Gasteiger partial charge < -0.3 is 10.0 Å². The van der Waals surface area contributed by atoms with Gasteiger partial charge in [0.1, 0.15) is 5.54 Å². The number of benzene rings is 1. The van der Waals surface area contributed by atoms with Gasteiger partial charge in [0.05, 0.1) is 6.54 Å². The predicted molar refractivity (Wildman–Crippen MR) is 81.5 cm³/mol. The number of rotatable bonds is 6. The van der Waals surface area contributed by atoms with Gasteiger partial charge in [-0.05, 0) is 30.9 Å². The fourth-order valence-corrected chi connectivity index (χ4v) is 2.82. The number of carbonyl (C=O) groups excluding carboxylic acids is 1. The highest BCUT2D eigenvalue weighted by molar-refractivity contribution is 5.97. The Kier molecular flexibility index (Phi) is 4.63. The second kappa shape index (κ2) is 6.26. The summed E-state index contributed by atoms with van der Waals surface area (Å²) in [6.07, 6.45) is 1.75. The Morgan fingerprint density at radius 1 is 1.29 bits per heavy atom. The number of carboxylic acids is 1. The van der Waals surface area contributed by atoms with Crippen LogP contribution in [0.2, 0.25) is 0 Å². The van der Waals surface area contributed by atoms with E-state index >= 15 is 0 Å². The molecule has 0 aliphatic carbocycles. The molecule has 0 bridgehead atoms. The average molecular weight is 290 g/mol. The van der Waals surface area contributed by atoms with Crippen LogP contribution in [0.25, 0.3) is 0 Å². The molecule has 21 heavy (non-hydrogen) atoms. The van der Waals surface area contributed by atoms with Crippen molar-refractivity contribution in [2.24, 2.45) is 0 Å². The largest absolute Gasteiger partial charge is 0.480 e. The van der Waals surface area contributed by atoms with Gasteiger partial charge in [0.15, 0.2) is 0 Å². The number of para-hydroxylation sites is 1. The first-order chi connectivity index (χ1) is 10.0. The van der Waals surface area contributed by atoms with Crippen molar-refractivity contribution in [2.45, 2.75) is 38.6 Å². The van der Waals surface area contributed by atoms with E-state index < -0.39 is 11.5 Å². The molecular formula is C16H22N2O3. The van der Waals surface area contributed by atoms with E-state index in [-0.39, 0.29) is 12.5 Å². The second-order valence-electron chi connectivity index (χ2n) is 5.37. The summed E-state index contributed by atoms with van der Waals surface area (Å²) in [5.74, 6) is -0.977. The van der Waals surface area contributed by atoms with Crippen molar-refractivity contribution in [3.05, 3.63) is 29.8 Å². The van der Waals surface area contributed by atoms with Crippen LogP contribution >= 0.6 is 0 Å². The van der Waals surface area contributed by atoms with Gasteiger partial charge >= 0.3 is 5.97 Å². The Morgan fingerprint density at radius 3 is 2.57 bits per heavy atom. The third kappa shape index (κ3) is 2.93. The van der Waals surface area contributed by atoms with E-state index in [1.165, 1.54) is 5.56 Å². The minimum absolute atomic E-state index is 0.0440. The number of nitrogens with one attached hydrogen (secondary N) is 1. The van der Waals surface area contributed by atoms with Crippen molar-refractivity contribution in [1.82, 2.24) is 5.32 Å². The van der Waals surface area contributed by atoms with E-state index in [2.05, 4.69) is 5.32 Å². The topological polar surface area (TPSA) is 69.6 Å². The molecule has 114 valence electrons. The lowest BCUT2D eigenvalue weighted by atomic mass is 9.93. The minimum Gasteiger partial charge on any atom is -0.480 e. The molecule has 5 nitrogen and oxygen atoms in total. The van der Waals surface area contributed by atoms with Gasteiger partial charge in [-0.3, -0.25) is 14.9 Å². The molecular weight excluding hydrogens is 268 g/mol. The zero-order valence-corrected chi connectivity index (χ0v) is 12.6. The van der Waals surface area contributed by atoms with E-state index in [1.54, 1.807) is 4.90 Å². The number of hydrogen-bond acceptors (Lipinski definition) is 3. The number of carbonyl (C=O) groups is 2. The SMILES string of the molecule is CCC(CC)(NCC(=O)N1CCc2ccccc21)C(=O)O. The zero-order chi connectivity index (χ0) is 15.5. The molecule has 1 aromatic carbocycles. The molecule has 1 amide bonds. The summed E-state index contributed by atoms with van der Waals surface area (Å²) in [5.41, 5.74) is 1.09. The first-order valence-corrected chi connectivity index (χ1v) is 7.40. The molecule has 0 fully saturated rings. The monoisotopic (exact) mass is 290 g/mol. The molecule has 0 unspecified atom stereocenters.